The van der Waals surface area contributed by atoms with Crippen molar-refractivity contribution in [1.82, 2.24) is 0 Å². The Kier molecular flexibility index (Phi) is 5.13. The molecule has 2 aromatic rings. The molecule has 0 unspecified atom stereocenters. The Morgan fingerprint density at radius 2 is 1.95 bits per heavy atom. The first kappa shape index (κ1) is 14.5. The summed E-state index contributed by atoms with van der Waals surface area (Å²) in [6, 6.07) is 15.5. The fourth-order valence-electron chi connectivity index (χ4n) is 1.80. The summed E-state index contributed by atoms with van der Waals surface area (Å²) < 4.78 is 0.965. The van der Waals surface area contributed by atoms with Gasteiger partial charge in [0.2, 0.25) is 0 Å². The van der Waals surface area contributed by atoms with Gasteiger partial charge in [0, 0.05) is 28.0 Å². The van der Waals surface area contributed by atoms with Crippen LogP contribution in [0.1, 0.15) is 22.8 Å². The summed E-state index contributed by atoms with van der Waals surface area (Å²) in [5.74, 6) is -0.0170. The van der Waals surface area contributed by atoms with E-state index in [-0.39, 0.29) is 5.78 Å². The quantitative estimate of drug-likeness (QED) is 0.629. The Morgan fingerprint density at radius 3 is 2.65 bits per heavy atom. The lowest BCUT2D eigenvalue weighted by molar-refractivity contribution is 0.104. The summed E-state index contributed by atoms with van der Waals surface area (Å²) in [7, 11) is 0. The Bertz CT molecular complexity index is 617. The predicted octanol–water partition coefficient (Wildman–Crippen LogP) is 4.82. The third-order valence-corrected chi connectivity index (χ3v) is 3.48. The van der Waals surface area contributed by atoms with Crippen LogP contribution in [0.2, 0.25) is 0 Å². The van der Waals surface area contributed by atoms with E-state index < -0.39 is 0 Å². The highest BCUT2D eigenvalue weighted by Crippen LogP contribution is 2.12. The van der Waals surface area contributed by atoms with Crippen molar-refractivity contribution in [2.45, 2.75) is 13.3 Å². The van der Waals surface area contributed by atoms with Crippen LogP contribution in [0.5, 0.6) is 0 Å². The van der Waals surface area contributed by atoms with Crippen LogP contribution < -0.4 is 5.32 Å². The highest BCUT2D eigenvalue weighted by molar-refractivity contribution is 9.10. The number of benzene rings is 2. The largest absolute Gasteiger partial charge is 0.362 e. The molecule has 0 saturated carbocycles. The molecule has 0 radical (unpaired) electrons. The number of hydrogen-bond acceptors (Lipinski definition) is 2. The number of aryl methyl sites for hydroxylation is 1. The predicted molar refractivity (Wildman–Crippen MR) is 87.1 cm³/mol. The van der Waals surface area contributed by atoms with Crippen molar-refractivity contribution in [2.75, 3.05) is 5.32 Å². The van der Waals surface area contributed by atoms with Crippen LogP contribution in [0.3, 0.4) is 0 Å². The molecular weight excluding hydrogens is 314 g/mol. The smallest absolute Gasteiger partial charge is 0.187 e. The maximum absolute atomic E-state index is 11.9. The minimum Gasteiger partial charge on any atom is -0.362 e. The van der Waals surface area contributed by atoms with Crippen molar-refractivity contribution in [1.29, 1.82) is 0 Å². The van der Waals surface area contributed by atoms with Crippen LogP contribution in [0.15, 0.2) is 65.3 Å². The lowest BCUT2D eigenvalue weighted by Gasteiger charge is -2.03. The first-order valence-corrected chi connectivity index (χ1v) is 7.30. The zero-order chi connectivity index (χ0) is 14.4. The van der Waals surface area contributed by atoms with Gasteiger partial charge in [-0.05, 0) is 48.4 Å². The molecule has 2 nitrogen and oxygen atoms in total. The van der Waals surface area contributed by atoms with Gasteiger partial charge in [0.05, 0.1) is 0 Å². The van der Waals surface area contributed by atoms with Crippen molar-refractivity contribution < 1.29 is 4.79 Å². The number of allylic oxidation sites excluding steroid dienone is 1. The van der Waals surface area contributed by atoms with E-state index >= 15 is 0 Å². The van der Waals surface area contributed by atoms with E-state index in [1.165, 1.54) is 5.56 Å². The summed E-state index contributed by atoms with van der Waals surface area (Å²) >= 11 is 3.35. The van der Waals surface area contributed by atoms with Crippen molar-refractivity contribution in [3.05, 3.63) is 76.4 Å². The molecule has 20 heavy (non-hydrogen) atoms. The molecule has 0 amide bonds. The first-order valence-electron chi connectivity index (χ1n) is 6.51. The van der Waals surface area contributed by atoms with E-state index in [4.69, 9.17) is 0 Å². The van der Waals surface area contributed by atoms with E-state index in [1.54, 1.807) is 24.4 Å². The Morgan fingerprint density at radius 1 is 1.20 bits per heavy atom. The Labute approximate surface area is 127 Å². The lowest BCUT2D eigenvalue weighted by atomic mass is 10.1. The molecule has 2 aromatic carbocycles. The fourth-order valence-corrected chi connectivity index (χ4v) is 2.07. The molecule has 0 spiro atoms. The van der Waals surface area contributed by atoms with Crippen LogP contribution in [-0.2, 0) is 6.42 Å². The SMILES string of the molecule is CCc1cccc(NC=CC(=O)c2ccc(Br)cc2)c1. The molecule has 0 heterocycles. The van der Waals surface area contributed by atoms with E-state index in [9.17, 15) is 4.79 Å². The van der Waals surface area contributed by atoms with Gasteiger partial charge in [0.25, 0.3) is 0 Å². The van der Waals surface area contributed by atoms with Gasteiger partial charge in [-0.2, -0.15) is 0 Å². The normalized spacial score (nSPS) is 10.7. The van der Waals surface area contributed by atoms with E-state index in [0.29, 0.717) is 5.56 Å². The van der Waals surface area contributed by atoms with Crippen molar-refractivity contribution in [3.8, 4) is 0 Å². The number of carbonyl (C=O) groups is 1. The van der Waals surface area contributed by atoms with Crippen molar-refractivity contribution in [2.24, 2.45) is 0 Å². The molecule has 0 aliphatic carbocycles. The van der Waals surface area contributed by atoms with Crippen LogP contribution in [0.25, 0.3) is 0 Å². The highest BCUT2D eigenvalue weighted by Gasteiger charge is 2.00. The minimum absolute atomic E-state index is 0.0170. The number of anilines is 1. The monoisotopic (exact) mass is 329 g/mol. The van der Waals surface area contributed by atoms with Crippen molar-refractivity contribution >= 4 is 27.4 Å². The van der Waals surface area contributed by atoms with Crippen LogP contribution in [-0.4, -0.2) is 5.78 Å². The third-order valence-electron chi connectivity index (χ3n) is 2.95. The van der Waals surface area contributed by atoms with Crippen LogP contribution >= 0.6 is 15.9 Å². The van der Waals surface area contributed by atoms with E-state index in [2.05, 4.69) is 40.3 Å². The van der Waals surface area contributed by atoms with Gasteiger partial charge in [-0.1, -0.05) is 35.0 Å². The average Bonchev–Trinajstić information content (AvgIpc) is 2.48. The molecule has 0 aliphatic rings. The summed E-state index contributed by atoms with van der Waals surface area (Å²) in [6.45, 7) is 2.12. The number of carbonyl (C=O) groups excluding carboxylic acids is 1. The van der Waals surface area contributed by atoms with Gasteiger partial charge in [-0.15, -0.1) is 0 Å². The van der Waals surface area contributed by atoms with Gasteiger partial charge in [-0.3, -0.25) is 4.79 Å². The van der Waals surface area contributed by atoms with Gasteiger partial charge < -0.3 is 5.32 Å². The minimum atomic E-state index is -0.0170. The molecule has 1 N–H and O–H groups in total. The molecule has 0 aliphatic heterocycles. The second-order valence-corrected chi connectivity index (χ2v) is 5.32. The molecule has 0 fully saturated rings. The molecule has 3 heteroatoms. The second kappa shape index (κ2) is 7.06. The maximum atomic E-state index is 11.9. The topological polar surface area (TPSA) is 29.1 Å². The van der Waals surface area contributed by atoms with Crippen molar-refractivity contribution in [3.63, 3.8) is 0 Å². The Hall–Kier alpha value is -1.87. The van der Waals surface area contributed by atoms with Gasteiger partial charge >= 0.3 is 0 Å². The summed E-state index contributed by atoms with van der Waals surface area (Å²) in [6.07, 6.45) is 4.22. The second-order valence-electron chi connectivity index (χ2n) is 4.40. The van der Waals surface area contributed by atoms with Gasteiger partial charge in [-0.25, -0.2) is 0 Å². The third kappa shape index (κ3) is 4.07. The molecular formula is C17H16BrNO. The van der Waals surface area contributed by atoms with E-state index in [0.717, 1.165) is 16.6 Å². The number of halogens is 1. The first-order chi connectivity index (χ1) is 9.69. The maximum Gasteiger partial charge on any atom is 0.187 e. The van der Waals surface area contributed by atoms with Gasteiger partial charge in [0.15, 0.2) is 5.78 Å². The summed E-state index contributed by atoms with van der Waals surface area (Å²) in [5.41, 5.74) is 2.93. The average molecular weight is 330 g/mol. The zero-order valence-electron chi connectivity index (χ0n) is 11.3. The Balaban J connectivity index is 1.99. The molecule has 0 saturated heterocycles. The summed E-state index contributed by atoms with van der Waals surface area (Å²) in [5, 5.41) is 3.12. The highest BCUT2D eigenvalue weighted by atomic mass is 79.9. The molecule has 2 rings (SSSR count). The molecule has 0 aromatic heterocycles. The van der Waals surface area contributed by atoms with E-state index in [1.807, 2.05) is 24.3 Å². The van der Waals surface area contributed by atoms with Crippen LogP contribution in [0, 0.1) is 0 Å². The number of ketones is 1. The fraction of sp³-hybridized carbons (Fsp3) is 0.118. The lowest BCUT2D eigenvalue weighted by Crippen LogP contribution is -1.96. The zero-order valence-corrected chi connectivity index (χ0v) is 12.9. The standard InChI is InChI=1S/C17H16BrNO/c1-2-13-4-3-5-16(12-13)19-11-10-17(20)14-6-8-15(18)9-7-14/h3-12,19H,2H2,1H3. The van der Waals surface area contributed by atoms with Crippen LogP contribution in [0.4, 0.5) is 5.69 Å². The molecule has 0 atom stereocenters. The molecule has 0 bridgehead atoms. The number of nitrogens with one attached hydrogen (secondary N) is 1. The van der Waals surface area contributed by atoms with Gasteiger partial charge in [0.1, 0.15) is 0 Å². The number of hydrogen-bond donors (Lipinski definition) is 1. The number of rotatable bonds is 5. The molecule has 102 valence electrons. The summed E-state index contributed by atoms with van der Waals surface area (Å²) in [4.78, 5) is 11.9.